The van der Waals surface area contributed by atoms with Gasteiger partial charge < -0.3 is 4.90 Å². The third kappa shape index (κ3) is 2.81. The molecule has 2 saturated heterocycles. The molecule has 4 heterocycles. The van der Waals surface area contributed by atoms with Crippen LogP contribution >= 0.6 is 0 Å². The lowest BCUT2D eigenvalue weighted by molar-refractivity contribution is -0.137. The molecule has 0 amide bonds. The molecule has 0 bridgehead atoms. The first-order chi connectivity index (χ1) is 13.0. The smallest absolute Gasteiger partial charge is 0.352 e. The molecule has 140 valence electrons. The molecule has 0 aliphatic carbocycles. The predicted molar refractivity (Wildman–Crippen MR) is 98.9 cm³/mol. The Labute approximate surface area is 154 Å². The maximum absolute atomic E-state index is 13.2. The zero-order valence-corrected chi connectivity index (χ0v) is 14.7. The predicted octanol–water partition coefficient (Wildman–Crippen LogP) is 4.09. The van der Waals surface area contributed by atoms with E-state index in [0.717, 1.165) is 43.4 Å². The van der Waals surface area contributed by atoms with E-state index in [1.807, 2.05) is 6.07 Å². The fraction of sp³-hybridized carbons (Fsp3) is 0.400. The van der Waals surface area contributed by atoms with Crippen LogP contribution in [0.3, 0.4) is 0 Å². The average molecular weight is 372 g/mol. The van der Waals surface area contributed by atoms with Gasteiger partial charge in [0.15, 0.2) is 5.82 Å². The van der Waals surface area contributed by atoms with E-state index in [4.69, 9.17) is 4.98 Å². The van der Waals surface area contributed by atoms with E-state index in [0.29, 0.717) is 22.5 Å². The fourth-order valence-electron chi connectivity index (χ4n) is 4.40. The monoisotopic (exact) mass is 372 g/mol. The highest BCUT2D eigenvalue weighted by atomic mass is 19.4. The molecule has 2 aromatic heterocycles. The van der Waals surface area contributed by atoms with Gasteiger partial charge in [0.1, 0.15) is 5.52 Å². The summed E-state index contributed by atoms with van der Waals surface area (Å²) in [7, 11) is 0. The van der Waals surface area contributed by atoms with Crippen molar-refractivity contribution in [2.45, 2.75) is 25.1 Å². The van der Waals surface area contributed by atoms with Gasteiger partial charge in [0.25, 0.3) is 0 Å². The number of pyridine rings is 2. The highest BCUT2D eigenvalue weighted by Gasteiger charge is 2.33. The Morgan fingerprint density at radius 1 is 1.04 bits per heavy atom. The van der Waals surface area contributed by atoms with Crippen LogP contribution in [0.5, 0.6) is 0 Å². The first kappa shape index (κ1) is 16.7. The van der Waals surface area contributed by atoms with E-state index in [2.05, 4.69) is 14.8 Å². The van der Waals surface area contributed by atoms with Crippen molar-refractivity contribution in [3.63, 3.8) is 0 Å². The zero-order chi connectivity index (χ0) is 18.6. The molecule has 27 heavy (non-hydrogen) atoms. The molecule has 0 N–H and O–H groups in total. The topological polar surface area (TPSA) is 32.3 Å². The molecule has 2 fully saturated rings. The van der Waals surface area contributed by atoms with Gasteiger partial charge in [-0.3, -0.25) is 9.88 Å². The quantitative estimate of drug-likeness (QED) is 0.603. The summed E-state index contributed by atoms with van der Waals surface area (Å²) >= 11 is 0. The van der Waals surface area contributed by atoms with Crippen molar-refractivity contribution in [2.24, 2.45) is 0 Å². The van der Waals surface area contributed by atoms with Gasteiger partial charge in [0, 0.05) is 42.6 Å². The first-order valence-corrected chi connectivity index (χ1v) is 9.25. The normalized spacial score (nSPS) is 21.1. The minimum Gasteiger partial charge on any atom is -0.352 e. The summed E-state index contributed by atoms with van der Waals surface area (Å²) in [5.41, 5.74) is 0.595. The number of benzene rings is 1. The molecule has 1 atom stereocenters. The molecule has 0 radical (unpaired) electrons. The van der Waals surface area contributed by atoms with Crippen molar-refractivity contribution in [2.75, 3.05) is 31.1 Å². The molecule has 1 unspecified atom stereocenters. The number of aromatic nitrogens is 2. The summed E-state index contributed by atoms with van der Waals surface area (Å²) in [6, 6.07) is 7.89. The Morgan fingerprint density at radius 2 is 1.93 bits per heavy atom. The maximum atomic E-state index is 13.2. The standard InChI is InChI=1S/C20H19F3N4/c21-20(22,23)13-5-6-17-16(11-13)15-4-1-7-24-18(15)19(25-17)27-10-9-26-8-2-3-14(26)12-27/h1,4-7,11,14H,2-3,8-10,12H2. The van der Waals surface area contributed by atoms with Crippen molar-refractivity contribution in [1.82, 2.24) is 14.9 Å². The molecule has 2 aliphatic heterocycles. The van der Waals surface area contributed by atoms with Crippen LogP contribution in [0.15, 0.2) is 36.5 Å². The van der Waals surface area contributed by atoms with Crippen LogP contribution in [0.25, 0.3) is 21.8 Å². The van der Waals surface area contributed by atoms with Crippen LogP contribution in [-0.2, 0) is 6.18 Å². The Bertz CT molecular complexity index is 1020. The van der Waals surface area contributed by atoms with E-state index in [1.54, 1.807) is 12.3 Å². The fourth-order valence-corrected chi connectivity index (χ4v) is 4.40. The lowest BCUT2D eigenvalue weighted by Crippen LogP contribution is -2.50. The Kier molecular flexibility index (Phi) is 3.75. The van der Waals surface area contributed by atoms with Crippen molar-refractivity contribution in [3.05, 3.63) is 42.1 Å². The van der Waals surface area contributed by atoms with Gasteiger partial charge in [-0.15, -0.1) is 0 Å². The number of nitrogens with zero attached hydrogens (tertiary/aromatic N) is 4. The highest BCUT2D eigenvalue weighted by molar-refractivity contribution is 6.08. The van der Waals surface area contributed by atoms with Crippen LogP contribution in [0.4, 0.5) is 19.0 Å². The molecule has 4 nitrogen and oxygen atoms in total. The number of halogens is 3. The lowest BCUT2D eigenvalue weighted by Gasteiger charge is -2.38. The largest absolute Gasteiger partial charge is 0.416 e. The number of piperazine rings is 1. The first-order valence-electron chi connectivity index (χ1n) is 9.25. The van der Waals surface area contributed by atoms with Crippen molar-refractivity contribution >= 4 is 27.6 Å². The molecule has 3 aromatic rings. The van der Waals surface area contributed by atoms with Crippen LogP contribution in [-0.4, -0.2) is 47.1 Å². The average Bonchev–Trinajstić information content (AvgIpc) is 3.14. The third-order valence-corrected chi connectivity index (χ3v) is 5.75. The number of alkyl halides is 3. The number of hydrogen-bond donors (Lipinski definition) is 0. The summed E-state index contributed by atoms with van der Waals surface area (Å²) in [5, 5.41) is 1.22. The second kappa shape index (κ2) is 6.05. The van der Waals surface area contributed by atoms with E-state index >= 15 is 0 Å². The van der Waals surface area contributed by atoms with Gasteiger partial charge in [0.2, 0.25) is 0 Å². The summed E-state index contributed by atoms with van der Waals surface area (Å²) < 4.78 is 39.5. The molecule has 1 aromatic carbocycles. The molecule has 0 saturated carbocycles. The lowest BCUT2D eigenvalue weighted by atomic mass is 10.1. The zero-order valence-electron chi connectivity index (χ0n) is 14.7. The molecule has 2 aliphatic rings. The van der Waals surface area contributed by atoms with Gasteiger partial charge >= 0.3 is 6.18 Å². The highest BCUT2D eigenvalue weighted by Crippen LogP contribution is 2.36. The van der Waals surface area contributed by atoms with Gasteiger partial charge in [-0.2, -0.15) is 13.2 Å². The molecule has 5 rings (SSSR count). The molecular weight excluding hydrogens is 353 g/mol. The summed E-state index contributed by atoms with van der Waals surface area (Å²) in [6.07, 6.45) is -0.285. The van der Waals surface area contributed by atoms with E-state index in [1.165, 1.54) is 25.0 Å². The van der Waals surface area contributed by atoms with Gasteiger partial charge in [-0.25, -0.2) is 4.98 Å². The Morgan fingerprint density at radius 3 is 2.78 bits per heavy atom. The van der Waals surface area contributed by atoms with Crippen LogP contribution < -0.4 is 4.90 Å². The molecule has 7 heteroatoms. The van der Waals surface area contributed by atoms with Crippen LogP contribution in [0, 0.1) is 0 Å². The third-order valence-electron chi connectivity index (χ3n) is 5.75. The van der Waals surface area contributed by atoms with E-state index in [9.17, 15) is 13.2 Å². The van der Waals surface area contributed by atoms with Gasteiger partial charge in [0.05, 0.1) is 11.1 Å². The Balaban J connectivity index is 1.66. The molecule has 0 spiro atoms. The summed E-state index contributed by atoms with van der Waals surface area (Å²) in [5.74, 6) is 0.782. The maximum Gasteiger partial charge on any atom is 0.416 e. The second-order valence-corrected chi connectivity index (χ2v) is 7.34. The second-order valence-electron chi connectivity index (χ2n) is 7.34. The van der Waals surface area contributed by atoms with Crippen molar-refractivity contribution in [1.29, 1.82) is 0 Å². The summed E-state index contributed by atoms with van der Waals surface area (Å²) in [4.78, 5) is 14.0. The summed E-state index contributed by atoms with van der Waals surface area (Å²) in [6.45, 7) is 3.90. The number of fused-ring (bicyclic) bond motifs is 4. The number of hydrogen-bond acceptors (Lipinski definition) is 4. The Hall–Kier alpha value is -2.41. The number of anilines is 1. The van der Waals surface area contributed by atoms with Crippen LogP contribution in [0.2, 0.25) is 0 Å². The minimum atomic E-state index is -4.37. The van der Waals surface area contributed by atoms with Crippen LogP contribution in [0.1, 0.15) is 18.4 Å². The van der Waals surface area contributed by atoms with Crippen molar-refractivity contribution < 1.29 is 13.2 Å². The SMILES string of the molecule is FC(F)(F)c1ccc2nc(N3CCN4CCCC4C3)c3ncccc3c2c1. The van der Waals surface area contributed by atoms with Gasteiger partial charge in [-0.1, -0.05) is 6.07 Å². The van der Waals surface area contributed by atoms with Gasteiger partial charge in [-0.05, 0) is 43.7 Å². The minimum absolute atomic E-state index is 0.496. The van der Waals surface area contributed by atoms with Crippen molar-refractivity contribution in [3.8, 4) is 0 Å². The molecular formula is C20H19F3N4. The number of rotatable bonds is 1. The van der Waals surface area contributed by atoms with E-state index < -0.39 is 11.7 Å². The van der Waals surface area contributed by atoms with E-state index in [-0.39, 0.29) is 0 Å².